The van der Waals surface area contributed by atoms with E-state index in [1.807, 2.05) is 6.07 Å². The first-order valence-electron chi connectivity index (χ1n) is 5.67. The smallest absolute Gasteiger partial charge is 0.241 e. The van der Waals surface area contributed by atoms with Crippen molar-refractivity contribution >= 4 is 20.8 Å². The first kappa shape index (κ1) is 12.9. The molecule has 0 spiro atoms. The van der Waals surface area contributed by atoms with Crippen LogP contribution in [0, 0.1) is 0 Å². The van der Waals surface area contributed by atoms with Gasteiger partial charge in [0.2, 0.25) is 10.0 Å². The van der Waals surface area contributed by atoms with Gasteiger partial charge in [0.15, 0.2) is 0 Å². The summed E-state index contributed by atoms with van der Waals surface area (Å²) in [5.41, 5.74) is 5.34. The number of benzene rings is 1. The summed E-state index contributed by atoms with van der Waals surface area (Å²) in [6.45, 7) is 0.801. The molecule has 0 aliphatic rings. The van der Waals surface area contributed by atoms with Crippen molar-refractivity contribution in [2.24, 2.45) is 5.73 Å². The average molecular weight is 265 g/mol. The summed E-state index contributed by atoms with van der Waals surface area (Å²) >= 11 is 0. The number of sulfonamides is 1. The van der Waals surface area contributed by atoms with Crippen LogP contribution in [0.5, 0.6) is 0 Å². The van der Waals surface area contributed by atoms with Crippen LogP contribution in [0.25, 0.3) is 10.8 Å². The minimum absolute atomic E-state index is 0.255. The summed E-state index contributed by atoms with van der Waals surface area (Å²) in [6.07, 6.45) is 3.82. The molecule has 1 aromatic carbocycles. The van der Waals surface area contributed by atoms with E-state index in [0.717, 1.165) is 5.39 Å². The molecule has 0 fully saturated rings. The lowest BCUT2D eigenvalue weighted by Crippen LogP contribution is -2.26. The van der Waals surface area contributed by atoms with Crippen LogP contribution < -0.4 is 10.5 Å². The molecule has 0 unspecified atom stereocenters. The van der Waals surface area contributed by atoms with E-state index in [1.165, 1.54) is 0 Å². The Labute approximate surface area is 106 Å². The van der Waals surface area contributed by atoms with E-state index in [2.05, 4.69) is 9.71 Å². The number of rotatable bonds is 5. The first-order chi connectivity index (χ1) is 8.65. The van der Waals surface area contributed by atoms with Crippen LogP contribution in [0.15, 0.2) is 41.6 Å². The highest BCUT2D eigenvalue weighted by Crippen LogP contribution is 2.21. The highest BCUT2D eigenvalue weighted by Gasteiger charge is 2.16. The van der Waals surface area contributed by atoms with Crippen LogP contribution in [0.4, 0.5) is 0 Å². The summed E-state index contributed by atoms with van der Waals surface area (Å²) < 4.78 is 26.8. The Morgan fingerprint density at radius 1 is 1.28 bits per heavy atom. The third-order valence-corrected chi connectivity index (χ3v) is 4.13. The largest absolute Gasteiger partial charge is 0.330 e. The summed E-state index contributed by atoms with van der Waals surface area (Å²) in [7, 11) is -3.50. The molecule has 5 nitrogen and oxygen atoms in total. The molecule has 0 bridgehead atoms. The van der Waals surface area contributed by atoms with Gasteiger partial charge in [0.05, 0.1) is 4.90 Å². The number of pyridine rings is 1. The molecule has 0 aliphatic carbocycles. The van der Waals surface area contributed by atoms with Gasteiger partial charge < -0.3 is 5.73 Å². The number of nitrogens with one attached hydrogen (secondary N) is 1. The maximum absolute atomic E-state index is 12.1. The minimum atomic E-state index is -3.50. The maximum atomic E-state index is 12.1. The van der Waals surface area contributed by atoms with Crippen molar-refractivity contribution in [3.8, 4) is 0 Å². The highest BCUT2D eigenvalue weighted by atomic mass is 32.2. The normalized spacial score (nSPS) is 11.8. The monoisotopic (exact) mass is 265 g/mol. The van der Waals surface area contributed by atoms with Crippen LogP contribution in [0.2, 0.25) is 0 Å². The van der Waals surface area contributed by atoms with Gasteiger partial charge in [-0.2, -0.15) is 0 Å². The van der Waals surface area contributed by atoms with Crippen LogP contribution in [0.3, 0.4) is 0 Å². The van der Waals surface area contributed by atoms with E-state index in [1.54, 1.807) is 30.6 Å². The van der Waals surface area contributed by atoms with Gasteiger partial charge in [-0.3, -0.25) is 4.98 Å². The molecule has 3 N–H and O–H groups in total. The van der Waals surface area contributed by atoms with Crippen molar-refractivity contribution in [3.05, 3.63) is 36.7 Å². The fourth-order valence-electron chi connectivity index (χ4n) is 1.71. The van der Waals surface area contributed by atoms with E-state index in [9.17, 15) is 8.42 Å². The summed E-state index contributed by atoms with van der Waals surface area (Å²) in [4.78, 5) is 4.23. The Balaban J connectivity index is 2.41. The van der Waals surface area contributed by atoms with Crippen molar-refractivity contribution in [2.75, 3.05) is 13.1 Å². The van der Waals surface area contributed by atoms with E-state index >= 15 is 0 Å². The highest BCUT2D eigenvalue weighted by molar-refractivity contribution is 7.89. The summed E-state index contributed by atoms with van der Waals surface area (Å²) in [5.74, 6) is 0. The second kappa shape index (κ2) is 5.43. The lowest BCUT2D eigenvalue weighted by Gasteiger charge is -2.08. The summed E-state index contributed by atoms with van der Waals surface area (Å²) in [6, 6.07) is 6.94. The molecule has 0 amide bonds. The molecule has 18 heavy (non-hydrogen) atoms. The second-order valence-corrected chi connectivity index (χ2v) is 5.63. The van der Waals surface area contributed by atoms with Crippen LogP contribution >= 0.6 is 0 Å². The Morgan fingerprint density at radius 3 is 2.89 bits per heavy atom. The molecule has 6 heteroatoms. The third kappa shape index (κ3) is 2.66. The van der Waals surface area contributed by atoms with Gasteiger partial charge in [-0.1, -0.05) is 12.1 Å². The lowest BCUT2D eigenvalue weighted by atomic mass is 10.2. The number of nitrogens with zero attached hydrogens (tertiary/aromatic N) is 1. The molecule has 0 radical (unpaired) electrons. The van der Waals surface area contributed by atoms with Crippen LogP contribution in [-0.4, -0.2) is 26.5 Å². The van der Waals surface area contributed by atoms with Crippen molar-refractivity contribution in [3.63, 3.8) is 0 Å². The molecule has 1 aromatic heterocycles. The van der Waals surface area contributed by atoms with E-state index in [-0.39, 0.29) is 4.90 Å². The van der Waals surface area contributed by atoms with Crippen molar-refractivity contribution < 1.29 is 8.42 Å². The van der Waals surface area contributed by atoms with Gasteiger partial charge in [-0.15, -0.1) is 0 Å². The number of hydrogen-bond donors (Lipinski definition) is 2. The molecule has 96 valence electrons. The molecule has 1 heterocycles. The average Bonchev–Trinajstić information content (AvgIpc) is 2.38. The Morgan fingerprint density at radius 2 is 2.11 bits per heavy atom. The number of nitrogens with two attached hydrogens (primary N) is 1. The van der Waals surface area contributed by atoms with Gasteiger partial charge in [0.25, 0.3) is 0 Å². The molecule has 0 saturated heterocycles. The van der Waals surface area contributed by atoms with Gasteiger partial charge in [-0.05, 0) is 30.5 Å². The standard InChI is InChI=1S/C12H15N3O2S/c13-6-2-7-15-18(16,17)12-4-1-3-10-5-8-14-9-11(10)12/h1,3-5,8-9,15H,2,6-7,13H2. The molecule has 2 rings (SSSR count). The van der Waals surface area contributed by atoms with Crippen molar-refractivity contribution in [1.29, 1.82) is 0 Å². The van der Waals surface area contributed by atoms with Crippen LogP contribution in [-0.2, 0) is 10.0 Å². The topological polar surface area (TPSA) is 85.1 Å². The number of fused-ring (bicyclic) bond motifs is 1. The predicted molar refractivity (Wildman–Crippen MR) is 70.6 cm³/mol. The van der Waals surface area contributed by atoms with Gasteiger partial charge in [0.1, 0.15) is 0 Å². The minimum Gasteiger partial charge on any atom is -0.330 e. The maximum Gasteiger partial charge on any atom is 0.241 e. The second-order valence-electron chi connectivity index (χ2n) is 3.89. The molecule has 2 aromatic rings. The number of aromatic nitrogens is 1. The third-order valence-electron chi connectivity index (χ3n) is 2.61. The first-order valence-corrected chi connectivity index (χ1v) is 7.16. The molecule has 0 aliphatic heterocycles. The molecule has 0 atom stereocenters. The van der Waals surface area contributed by atoms with Crippen molar-refractivity contribution in [2.45, 2.75) is 11.3 Å². The van der Waals surface area contributed by atoms with E-state index in [0.29, 0.717) is 24.9 Å². The number of hydrogen-bond acceptors (Lipinski definition) is 4. The Hall–Kier alpha value is -1.50. The SMILES string of the molecule is NCCCNS(=O)(=O)c1cccc2ccncc12. The zero-order valence-corrected chi connectivity index (χ0v) is 10.7. The molecular formula is C12H15N3O2S. The Kier molecular flexibility index (Phi) is 3.90. The quantitative estimate of drug-likeness (QED) is 0.785. The van der Waals surface area contributed by atoms with Gasteiger partial charge >= 0.3 is 0 Å². The van der Waals surface area contributed by atoms with E-state index < -0.39 is 10.0 Å². The fraction of sp³-hybridized carbons (Fsp3) is 0.250. The van der Waals surface area contributed by atoms with Gasteiger partial charge in [-0.25, -0.2) is 13.1 Å². The van der Waals surface area contributed by atoms with Crippen LogP contribution in [0.1, 0.15) is 6.42 Å². The van der Waals surface area contributed by atoms with Crippen molar-refractivity contribution in [1.82, 2.24) is 9.71 Å². The molecule has 0 saturated carbocycles. The zero-order valence-electron chi connectivity index (χ0n) is 9.83. The zero-order chi connectivity index (χ0) is 13.0. The van der Waals surface area contributed by atoms with E-state index in [4.69, 9.17) is 5.73 Å². The molecular weight excluding hydrogens is 250 g/mol. The Bertz CT molecular complexity index is 635. The summed E-state index contributed by atoms with van der Waals surface area (Å²) in [5, 5.41) is 1.48. The van der Waals surface area contributed by atoms with Gasteiger partial charge in [0, 0.05) is 24.3 Å². The fourth-order valence-corrected chi connectivity index (χ4v) is 2.99. The lowest BCUT2D eigenvalue weighted by molar-refractivity contribution is 0.580. The predicted octanol–water partition coefficient (Wildman–Crippen LogP) is 0.862.